The van der Waals surface area contributed by atoms with Crippen molar-refractivity contribution in [2.45, 2.75) is 39.7 Å². The summed E-state index contributed by atoms with van der Waals surface area (Å²) in [7, 11) is 0. The third kappa shape index (κ3) is 5.92. The number of benzene rings is 2. The SMILES string of the molecule is CCCCOc1ccc(C(=O)Nc2ccc(C(=O)OC(C)C)cc2)cc1. The smallest absolute Gasteiger partial charge is 0.338 e. The minimum absolute atomic E-state index is 0.171. The van der Waals surface area contributed by atoms with Crippen molar-refractivity contribution in [1.82, 2.24) is 0 Å². The van der Waals surface area contributed by atoms with Gasteiger partial charge >= 0.3 is 5.97 Å². The number of rotatable bonds is 8. The minimum atomic E-state index is -0.378. The fraction of sp³-hybridized carbons (Fsp3) is 0.333. The third-order valence-corrected chi connectivity index (χ3v) is 3.60. The fourth-order valence-corrected chi connectivity index (χ4v) is 2.21. The van der Waals surface area contributed by atoms with E-state index in [4.69, 9.17) is 9.47 Å². The van der Waals surface area contributed by atoms with Crippen LogP contribution >= 0.6 is 0 Å². The molecule has 0 aromatic heterocycles. The van der Waals surface area contributed by atoms with Gasteiger partial charge in [-0.25, -0.2) is 4.79 Å². The van der Waals surface area contributed by atoms with E-state index in [1.807, 2.05) is 0 Å². The summed E-state index contributed by atoms with van der Waals surface area (Å²) in [6.07, 6.45) is 1.91. The van der Waals surface area contributed by atoms with Gasteiger partial charge in [0, 0.05) is 11.3 Å². The number of hydrogen-bond donors (Lipinski definition) is 1. The quantitative estimate of drug-likeness (QED) is 0.551. The van der Waals surface area contributed by atoms with E-state index in [1.165, 1.54) is 0 Å². The third-order valence-electron chi connectivity index (χ3n) is 3.60. The molecule has 0 aliphatic heterocycles. The average Bonchev–Trinajstić information content (AvgIpc) is 2.62. The molecule has 2 aromatic carbocycles. The summed E-state index contributed by atoms with van der Waals surface area (Å²) in [5.41, 5.74) is 1.60. The van der Waals surface area contributed by atoms with E-state index in [9.17, 15) is 9.59 Å². The van der Waals surface area contributed by atoms with E-state index in [2.05, 4.69) is 12.2 Å². The molecule has 0 fully saturated rings. The summed E-state index contributed by atoms with van der Waals surface area (Å²) in [6, 6.07) is 13.6. The Kier molecular flexibility index (Phi) is 7.21. The molecule has 1 amide bonds. The Labute approximate surface area is 154 Å². The maximum absolute atomic E-state index is 12.3. The number of anilines is 1. The van der Waals surface area contributed by atoms with Crippen molar-refractivity contribution in [3.63, 3.8) is 0 Å². The van der Waals surface area contributed by atoms with Crippen molar-refractivity contribution >= 4 is 17.6 Å². The molecule has 0 atom stereocenters. The Morgan fingerprint density at radius 3 is 2.15 bits per heavy atom. The maximum Gasteiger partial charge on any atom is 0.338 e. The van der Waals surface area contributed by atoms with Crippen LogP contribution in [0.15, 0.2) is 48.5 Å². The summed E-state index contributed by atoms with van der Waals surface area (Å²) in [6.45, 7) is 6.38. The van der Waals surface area contributed by atoms with Gasteiger partial charge in [0.25, 0.3) is 5.91 Å². The summed E-state index contributed by atoms with van der Waals surface area (Å²) in [4.78, 5) is 24.1. The van der Waals surface area contributed by atoms with E-state index in [0.717, 1.165) is 18.6 Å². The zero-order chi connectivity index (χ0) is 18.9. The van der Waals surface area contributed by atoms with Crippen LogP contribution in [0, 0.1) is 0 Å². The second-order valence-electron chi connectivity index (χ2n) is 6.21. The first-order valence-corrected chi connectivity index (χ1v) is 8.85. The normalized spacial score (nSPS) is 10.5. The topological polar surface area (TPSA) is 64.6 Å². The molecule has 0 radical (unpaired) electrons. The Morgan fingerprint density at radius 1 is 0.962 bits per heavy atom. The number of nitrogens with one attached hydrogen (secondary N) is 1. The number of carbonyl (C=O) groups is 2. The predicted molar refractivity (Wildman–Crippen MR) is 102 cm³/mol. The molecule has 5 nitrogen and oxygen atoms in total. The van der Waals surface area contributed by atoms with Crippen LogP contribution < -0.4 is 10.1 Å². The summed E-state index contributed by atoms with van der Waals surface area (Å²) < 4.78 is 10.7. The number of ether oxygens (including phenoxy) is 2. The Morgan fingerprint density at radius 2 is 1.58 bits per heavy atom. The highest BCUT2D eigenvalue weighted by molar-refractivity contribution is 6.04. The van der Waals surface area contributed by atoms with E-state index >= 15 is 0 Å². The van der Waals surface area contributed by atoms with Gasteiger partial charge in [0.05, 0.1) is 18.3 Å². The van der Waals surface area contributed by atoms with E-state index in [0.29, 0.717) is 23.4 Å². The molecule has 1 N–H and O–H groups in total. The van der Waals surface area contributed by atoms with E-state index in [-0.39, 0.29) is 18.0 Å². The standard InChI is InChI=1S/C21H25NO4/c1-4-5-14-25-19-12-8-16(9-13-19)20(23)22-18-10-6-17(7-11-18)21(24)26-15(2)3/h6-13,15H,4-5,14H2,1-3H3,(H,22,23). The zero-order valence-electron chi connectivity index (χ0n) is 15.5. The van der Waals surface area contributed by atoms with Crippen LogP contribution in [0.4, 0.5) is 5.69 Å². The molecule has 0 heterocycles. The summed E-state index contributed by atoms with van der Waals surface area (Å²) >= 11 is 0. The summed E-state index contributed by atoms with van der Waals surface area (Å²) in [5.74, 6) is 0.155. The zero-order valence-corrected chi connectivity index (χ0v) is 15.5. The number of hydrogen-bond acceptors (Lipinski definition) is 4. The van der Waals surface area contributed by atoms with Crippen LogP contribution in [0.5, 0.6) is 5.75 Å². The van der Waals surface area contributed by atoms with Crippen LogP contribution in [0.25, 0.3) is 0 Å². The van der Waals surface area contributed by atoms with Gasteiger partial charge in [0.15, 0.2) is 0 Å². The lowest BCUT2D eigenvalue weighted by Gasteiger charge is -2.09. The molecule has 0 unspecified atom stereocenters. The van der Waals surface area contributed by atoms with E-state index < -0.39 is 0 Å². The van der Waals surface area contributed by atoms with Gasteiger partial charge in [-0.3, -0.25) is 4.79 Å². The number of amides is 1. The number of unbranched alkanes of at least 4 members (excludes halogenated alkanes) is 1. The largest absolute Gasteiger partial charge is 0.494 e. The molecule has 0 saturated carbocycles. The highest BCUT2D eigenvalue weighted by atomic mass is 16.5. The lowest BCUT2D eigenvalue weighted by atomic mass is 10.1. The van der Waals surface area contributed by atoms with E-state index in [1.54, 1.807) is 62.4 Å². The number of esters is 1. The molecule has 0 aliphatic rings. The van der Waals surface area contributed by atoms with Crippen LogP contribution in [-0.4, -0.2) is 24.6 Å². The maximum atomic E-state index is 12.3. The first kappa shape index (κ1) is 19.5. The molecule has 2 aromatic rings. The van der Waals surface area contributed by atoms with Crippen molar-refractivity contribution < 1.29 is 19.1 Å². The minimum Gasteiger partial charge on any atom is -0.494 e. The van der Waals surface area contributed by atoms with Crippen LogP contribution in [0.2, 0.25) is 0 Å². The van der Waals surface area contributed by atoms with Crippen molar-refractivity contribution in [1.29, 1.82) is 0 Å². The fourth-order valence-electron chi connectivity index (χ4n) is 2.21. The first-order chi connectivity index (χ1) is 12.5. The van der Waals surface area contributed by atoms with Gasteiger partial charge in [-0.15, -0.1) is 0 Å². The lowest BCUT2D eigenvalue weighted by Crippen LogP contribution is -2.13. The van der Waals surface area contributed by atoms with Gasteiger partial charge in [-0.2, -0.15) is 0 Å². The van der Waals surface area contributed by atoms with Crippen molar-refractivity contribution in [3.05, 3.63) is 59.7 Å². The highest BCUT2D eigenvalue weighted by Crippen LogP contribution is 2.16. The van der Waals surface area contributed by atoms with Gasteiger partial charge in [0.2, 0.25) is 0 Å². The molecule has 138 valence electrons. The molecule has 26 heavy (non-hydrogen) atoms. The second-order valence-corrected chi connectivity index (χ2v) is 6.21. The molecule has 0 saturated heterocycles. The molecule has 0 bridgehead atoms. The highest BCUT2D eigenvalue weighted by Gasteiger charge is 2.10. The Bertz CT molecular complexity index is 721. The molecule has 5 heteroatoms. The van der Waals surface area contributed by atoms with Crippen molar-refractivity contribution in [2.75, 3.05) is 11.9 Å². The number of carbonyl (C=O) groups excluding carboxylic acids is 2. The van der Waals surface area contributed by atoms with Crippen molar-refractivity contribution in [3.8, 4) is 5.75 Å². The first-order valence-electron chi connectivity index (χ1n) is 8.85. The van der Waals surface area contributed by atoms with Crippen LogP contribution in [0.3, 0.4) is 0 Å². The predicted octanol–water partition coefficient (Wildman–Crippen LogP) is 4.68. The van der Waals surface area contributed by atoms with Gasteiger partial charge in [-0.05, 0) is 68.8 Å². The molecular formula is C21H25NO4. The Balaban J connectivity index is 1.93. The molecule has 2 rings (SSSR count). The van der Waals surface area contributed by atoms with Crippen LogP contribution in [0.1, 0.15) is 54.3 Å². The van der Waals surface area contributed by atoms with Gasteiger partial charge in [0.1, 0.15) is 5.75 Å². The van der Waals surface area contributed by atoms with Gasteiger partial charge < -0.3 is 14.8 Å². The second kappa shape index (κ2) is 9.61. The monoisotopic (exact) mass is 355 g/mol. The van der Waals surface area contributed by atoms with Crippen LogP contribution in [-0.2, 0) is 4.74 Å². The molecule has 0 aliphatic carbocycles. The average molecular weight is 355 g/mol. The summed E-state index contributed by atoms with van der Waals surface area (Å²) in [5, 5.41) is 2.81. The Hall–Kier alpha value is -2.82. The van der Waals surface area contributed by atoms with Gasteiger partial charge in [-0.1, -0.05) is 13.3 Å². The molecular weight excluding hydrogens is 330 g/mol. The molecule has 0 spiro atoms. The lowest BCUT2D eigenvalue weighted by molar-refractivity contribution is 0.0378. The van der Waals surface area contributed by atoms with Crippen molar-refractivity contribution in [2.24, 2.45) is 0 Å².